The number of pyridine rings is 1. The maximum atomic E-state index is 14.9. The molecule has 33 heavy (non-hydrogen) atoms. The number of nitrogens with one attached hydrogen (secondary N) is 1. The molecule has 3 aromatic heterocycles. The van der Waals surface area contributed by atoms with Crippen molar-refractivity contribution in [1.29, 1.82) is 0 Å². The first-order valence-electron chi connectivity index (χ1n) is 11.2. The zero-order chi connectivity index (χ0) is 22.5. The first-order valence-corrected chi connectivity index (χ1v) is 11.2. The number of fused-ring (bicyclic) bond motifs is 3. The van der Waals surface area contributed by atoms with Gasteiger partial charge in [-0.2, -0.15) is 0 Å². The molecule has 4 aromatic rings. The zero-order valence-corrected chi connectivity index (χ0v) is 18.1. The van der Waals surface area contributed by atoms with Gasteiger partial charge in [-0.3, -0.25) is 9.38 Å². The van der Waals surface area contributed by atoms with Crippen LogP contribution in [0, 0.1) is 0 Å². The summed E-state index contributed by atoms with van der Waals surface area (Å²) in [6.45, 7) is 0. The predicted octanol–water partition coefficient (Wildman–Crippen LogP) is 3.23. The van der Waals surface area contributed by atoms with Gasteiger partial charge >= 0.3 is 0 Å². The minimum absolute atomic E-state index is 0.0682. The van der Waals surface area contributed by atoms with Crippen LogP contribution < -0.4 is 10.2 Å². The van der Waals surface area contributed by atoms with Crippen LogP contribution in [0.5, 0.6) is 5.75 Å². The van der Waals surface area contributed by atoms with Gasteiger partial charge in [0.25, 0.3) is 0 Å². The second kappa shape index (κ2) is 7.77. The van der Waals surface area contributed by atoms with Crippen LogP contribution >= 0.6 is 0 Å². The minimum atomic E-state index is -0.931. The van der Waals surface area contributed by atoms with Crippen molar-refractivity contribution in [3.8, 4) is 28.4 Å². The van der Waals surface area contributed by atoms with Crippen LogP contribution in [0.25, 0.3) is 28.3 Å². The standard InChI is InChI=1S/C24H24FN7O/c1-31(19-11-15-6-8-17(28-15)23(19)25)22-13-26-18(12-27-22)16-7-5-14(10-20(16)33)24-30-29-21-4-2-3-9-32(21)24/h2-5,7,9-10,12-13,15,17,19,23,28,33H,6,8,11H2,1H3/t15?,17?,19-,23+/m1/s1. The topological polar surface area (TPSA) is 91.5 Å². The van der Waals surface area contributed by atoms with Gasteiger partial charge in [-0.25, -0.2) is 9.37 Å². The maximum absolute atomic E-state index is 14.9. The molecule has 2 N–H and O–H groups in total. The molecule has 2 fully saturated rings. The number of rotatable bonds is 4. The molecule has 2 aliphatic heterocycles. The molecule has 0 aliphatic carbocycles. The third-order valence-corrected chi connectivity index (χ3v) is 6.90. The largest absolute Gasteiger partial charge is 0.507 e. The van der Waals surface area contributed by atoms with E-state index in [9.17, 15) is 9.50 Å². The van der Waals surface area contributed by atoms with Crippen molar-refractivity contribution in [3.05, 3.63) is 55.0 Å². The van der Waals surface area contributed by atoms with Crippen molar-refractivity contribution < 1.29 is 9.50 Å². The van der Waals surface area contributed by atoms with Gasteiger partial charge in [0, 0.05) is 36.5 Å². The number of benzene rings is 1. The van der Waals surface area contributed by atoms with Crippen molar-refractivity contribution in [2.24, 2.45) is 0 Å². The van der Waals surface area contributed by atoms with Gasteiger partial charge in [-0.15, -0.1) is 10.2 Å². The molecule has 168 valence electrons. The highest BCUT2D eigenvalue weighted by Crippen LogP contribution is 2.34. The highest BCUT2D eigenvalue weighted by molar-refractivity contribution is 5.72. The van der Waals surface area contributed by atoms with Gasteiger partial charge < -0.3 is 15.3 Å². The fourth-order valence-electron chi connectivity index (χ4n) is 5.09. The lowest BCUT2D eigenvalue weighted by atomic mass is 9.96. The van der Waals surface area contributed by atoms with Crippen LogP contribution in [-0.4, -0.2) is 61.0 Å². The fraction of sp³-hybridized carbons (Fsp3) is 0.333. The predicted molar refractivity (Wildman–Crippen MR) is 123 cm³/mol. The second-order valence-corrected chi connectivity index (χ2v) is 8.85. The number of aromatic nitrogens is 5. The van der Waals surface area contributed by atoms with E-state index in [1.807, 2.05) is 46.8 Å². The Hall–Kier alpha value is -3.59. The molecular formula is C24H24FN7O. The Morgan fingerprint density at radius 2 is 2.03 bits per heavy atom. The molecule has 2 aliphatic rings. The van der Waals surface area contributed by atoms with E-state index >= 15 is 0 Å². The second-order valence-electron chi connectivity index (χ2n) is 8.85. The number of piperidine rings is 1. The van der Waals surface area contributed by atoms with Crippen LogP contribution in [0.3, 0.4) is 0 Å². The molecule has 9 heteroatoms. The van der Waals surface area contributed by atoms with E-state index in [2.05, 4.69) is 25.5 Å². The zero-order valence-electron chi connectivity index (χ0n) is 18.1. The van der Waals surface area contributed by atoms with E-state index in [0.717, 1.165) is 30.5 Å². The highest BCUT2D eigenvalue weighted by atomic mass is 19.1. The smallest absolute Gasteiger partial charge is 0.168 e. The first kappa shape index (κ1) is 20.0. The number of aromatic hydroxyl groups is 1. The van der Waals surface area contributed by atoms with Gasteiger partial charge in [0.05, 0.1) is 24.1 Å². The summed E-state index contributed by atoms with van der Waals surface area (Å²) in [6, 6.07) is 11.1. The molecule has 6 rings (SSSR count). The highest BCUT2D eigenvalue weighted by Gasteiger charge is 2.43. The summed E-state index contributed by atoms with van der Waals surface area (Å²) < 4.78 is 16.8. The van der Waals surface area contributed by atoms with E-state index < -0.39 is 6.17 Å². The maximum Gasteiger partial charge on any atom is 0.168 e. The quantitative estimate of drug-likeness (QED) is 0.498. The average molecular weight is 446 g/mol. The Labute approximate surface area is 190 Å². The normalized spacial score (nSPS) is 24.3. The van der Waals surface area contributed by atoms with Crippen molar-refractivity contribution in [3.63, 3.8) is 0 Å². The number of hydrogen-bond donors (Lipinski definition) is 2. The summed E-state index contributed by atoms with van der Waals surface area (Å²) in [5.41, 5.74) is 2.59. The van der Waals surface area contributed by atoms with Crippen LogP contribution in [-0.2, 0) is 0 Å². The molecule has 0 saturated carbocycles. The fourth-order valence-corrected chi connectivity index (χ4v) is 5.09. The molecule has 0 spiro atoms. The third kappa shape index (κ3) is 3.39. The SMILES string of the molecule is CN(c1cnc(-c2ccc(-c3nnc4ccccn34)cc2O)cn1)[C@@H]1CC2CCC(N2)[C@@H]1F. The Balaban J connectivity index is 1.25. The lowest BCUT2D eigenvalue weighted by Gasteiger charge is -2.38. The monoisotopic (exact) mass is 445 g/mol. The molecule has 2 saturated heterocycles. The van der Waals surface area contributed by atoms with Crippen molar-refractivity contribution in [2.75, 3.05) is 11.9 Å². The molecule has 5 heterocycles. The van der Waals surface area contributed by atoms with E-state index in [-0.39, 0.29) is 17.8 Å². The molecule has 8 nitrogen and oxygen atoms in total. The number of phenolic OH excluding ortho intramolecular Hbond substituents is 1. The van der Waals surface area contributed by atoms with Gasteiger partial charge in [0.1, 0.15) is 17.7 Å². The van der Waals surface area contributed by atoms with E-state index in [4.69, 9.17) is 0 Å². The van der Waals surface area contributed by atoms with E-state index in [0.29, 0.717) is 28.9 Å². The third-order valence-electron chi connectivity index (χ3n) is 6.90. The Bertz CT molecular complexity index is 1310. The summed E-state index contributed by atoms with van der Waals surface area (Å²) >= 11 is 0. The van der Waals surface area contributed by atoms with Crippen molar-refractivity contribution in [2.45, 2.75) is 43.6 Å². The van der Waals surface area contributed by atoms with Gasteiger partial charge in [-0.05, 0) is 43.5 Å². The average Bonchev–Trinajstić information content (AvgIpc) is 3.46. The lowest BCUT2D eigenvalue weighted by molar-refractivity contribution is 0.176. The molecular weight excluding hydrogens is 421 g/mol. The van der Waals surface area contributed by atoms with Crippen LogP contribution in [0.2, 0.25) is 0 Å². The Morgan fingerprint density at radius 3 is 2.85 bits per heavy atom. The van der Waals surface area contributed by atoms with Crippen molar-refractivity contribution >= 4 is 11.5 Å². The summed E-state index contributed by atoms with van der Waals surface area (Å²) in [4.78, 5) is 10.9. The molecule has 1 aromatic carbocycles. The lowest BCUT2D eigenvalue weighted by Crippen LogP contribution is -2.55. The van der Waals surface area contributed by atoms with E-state index in [1.54, 1.807) is 24.5 Å². The minimum Gasteiger partial charge on any atom is -0.507 e. The van der Waals surface area contributed by atoms with Gasteiger partial charge in [-0.1, -0.05) is 12.1 Å². The van der Waals surface area contributed by atoms with Crippen LogP contribution in [0.1, 0.15) is 19.3 Å². The number of nitrogens with zero attached hydrogens (tertiary/aromatic N) is 6. The summed E-state index contributed by atoms with van der Waals surface area (Å²) in [5.74, 6) is 1.35. The molecule has 4 atom stereocenters. The van der Waals surface area contributed by atoms with Crippen LogP contribution in [0.15, 0.2) is 55.0 Å². The van der Waals surface area contributed by atoms with Gasteiger partial charge in [0.2, 0.25) is 0 Å². The number of halogens is 1. The Kier molecular flexibility index (Phi) is 4.72. The van der Waals surface area contributed by atoms with Gasteiger partial charge in [0.15, 0.2) is 11.5 Å². The number of hydrogen-bond acceptors (Lipinski definition) is 7. The number of phenols is 1. The first-order chi connectivity index (χ1) is 16.1. The van der Waals surface area contributed by atoms with Crippen molar-refractivity contribution in [1.82, 2.24) is 29.9 Å². The molecule has 0 radical (unpaired) electrons. The van der Waals surface area contributed by atoms with Crippen LogP contribution in [0.4, 0.5) is 10.2 Å². The van der Waals surface area contributed by atoms with E-state index in [1.165, 1.54) is 0 Å². The summed E-state index contributed by atoms with van der Waals surface area (Å²) in [7, 11) is 1.88. The Morgan fingerprint density at radius 1 is 1.12 bits per heavy atom. The number of anilines is 1. The molecule has 2 bridgehead atoms. The molecule has 2 unspecified atom stereocenters. The number of alkyl halides is 1. The molecule has 0 amide bonds. The summed E-state index contributed by atoms with van der Waals surface area (Å²) in [5, 5.41) is 22.5. The summed E-state index contributed by atoms with van der Waals surface area (Å²) in [6.07, 6.45) is 6.89.